The predicted molar refractivity (Wildman–Crippen MR) is 106 cm³/mol. The molecule has 0 spiro atoms. The Morgan fingerprint density at radius 2 is 1.92 bits per heavy atom. The summed E-state index contributed by atoms with van der Waals surface area (Å²) in [6.07, 6.45) is 0. The molecule has 0 aliphatic rings. The number of nitro groups is 1. The highest BCUT2D eigenvalue weighted by molar-refractivity contribution is 14.1. The molecule has 25 heavy (non-hydrogen) atoms. The molecule has 2 N–H and O–H groups in total. The first-order chi connectivity index (χ1) is 11.9. The number of anilines is 1. The average Bonchev–Trinajstić information content (AvgIpc) is 2.60. The third-order valence-corrected chi connectivity index (χ3v) is 4.67. The molecular formula is C17H17IN4O3. The predicted octanol–water partition coefficient (Wildman–Crippen LogP) is 3.46. The van der Waals surface area contributed by atoms with Gasteiger partial charge in [-0.3, -0.25) is 14.9 Å². The molecule has 130 valence electrons. The van der Waals surface area contributed by atoms with Gasteiger partial charge in [0.05, 0.1) is 17.2 Å². The van der Waals surface area contributed by atoms with Crippen molar-refractivity contribution in [3.63, 3.8) is 0 Å². The van der Waals surface area contributed by atoms with Gasteiger partial charge in [0.15, 0.2) is 0 Å². The standard InChI is InChI=1S/C17H17IN4O3/c1-11-9-14(5-8-16(11)18)19-10-17(23)21-20-12(2)13-3-6-15(7-4-13)22(24)25/h3-9,19H,10H2,1-2H3,(H,21,23). The second-order valence-electron chi connectivity index (χ2n) is 5.35. The topological polar surface area (TPSA) is 96.6 Å². The maximum Gasteiger partial charge on any atom is 0.269 e. The zero-order valence-corrected chi connectivity index (χ0v) is 15.9. The minimum absolute atomic E-state index is 0.0117. The Morgan fingerprint density at radius 3 is 2.52 bits per heavy atom. The molecule has 0 aliphatic heterocycles. The fraction of sp³-hybridized carbons (Fsp3) is 0.176. The highest BCUT2D eigenvalue weighted by atomic mass is 127. The van der Waals surface area contributed by atoms with Gasteiger partial charge in [0.25, 0.3) is 11.6 Å². The van der Waals surface area contributed by atoms with Crippen LogP contribution in [-0.4, -0.2) is 23.1 Å². The van der Waals surface area contributed by atoms with Crippen LogP contribution in [0.2, 0.25) is 0 Å². The van der Waals surface area contributed by atoms with Crippen LogP contribution in [0.4, 0.5) is 11.4 Å². The highest BCUT2D eigenvalue weighted by Gasteiger charge is 2.06. The number of carbonyl (C=O) groups excluding carboxylic acids is 1. The van der Waals surface area contributed by atoms with Crippen molar-refractivity contribution in [2.24, 2.45) is 5.10 Å². The minimum atomic E-state index is -0.462. The first-order valence-electron chi connectivity index (χ1n) is 7.45. The molecule has 0 aliphatic carbocycles. The van der Waals surface area contributed by atoms with E-state index in [2.05, 4.69) is 38.4 Å². The average molecular weight is 452 g/mol. The first-order valence-corrected chi connectivity index (χ1v) is 8.52. The van der Waals surface area contributed by atoms with E-state index in [1.165, 1.54) is 12.1 Å². The number of non-ortho nitro benzene ring substituents is 1. The minimum Gasteiger partial charge on any atom is -0.376 e. The number of nitro benzene ring substituents is 1. The van der Waals surface area contributed by atoms with Gasteiger partial charge in [0, 0.05) is 21.4 Å². The third-order valence-electron chi connectivity index (χ3n) is 3.46. The summed E-state index contributed by atoms with van der Waals surface area (Å²) in [5.74, 6) is -0.280. The molecule has 0 fully saturated rings. The highest BCUT2D eigenvalue weighted by Crippen LogP contribution is 2.16. The Balaban J connectivity index is 1.90. The van der Waals surface area contributed by atoms with Gasteiger partial charge in [-0.15, -0.1) is 0 Å². The molecule has 0 heterocycles. The van der Waals surface area contributed by atoms with Gasteiger partial charge in [0.1, 0.15) is 0 Å². The molecule has 2 aromatic rings. The van der Waals surface area contributed by atoms with Crippen molar-refractivity contribution in [2.75, 3.05) is 11.9 Å². The summed E-state index contributed by atoms with van der Waals surface area (Å²) in [4.78, 5) is 22.1. The number of carbonyl (C=O) groups is 1. The Labute approximate surface area is 158 Å². The van der Waals surface area contributed by atoms with Crippen LogP contribution in [0.15, 0.2) is 47.6 Å². The maximum absolute atomic E-state index is 11.9. The molecule has 0 saturated heterocycles. The molecule has 0 radical (unpaired) electrons. The van der Waals surface area contributed by atoms with E-state index in [1.54, 1.807) is 19.1 Å². The van der Waals surface area contributed by atoms with Crippen LogP contribution in [0.5, 0.6) is 0 Å². The third kappa shape index (κ3) is 5.52. The van der Waals surface area contributed by atoms with E-state index in [-0.39, 0.29) is 18.1 Å². The van der Waals surface area contributed by atoms with Crippen molar-refractivity contribution in [1.29, 1.82) is 0 Å². The quantitative estimate of drug-likeness (QED) is 0.304. The summed E-state index contributed by atoms with van der Waals surface area (Å²) in [6, 6.07) is 11.8. The maximum atomic E-state index is 11.9. The van der Waals surface area contributed by atoms with Crippen molar-refractivity contribution in [2.45, 2.75) is 13.8 Å². The molecule has 7 nitrogen and oxygen atoms in total. The molecule has 8 heteroatoms. The summed E-state index contributed by atoms with van der Waals surface area (Å²) >= 11 is 2.25. The number of benzene rings is 2. The van der Waals surface area contributed by atoms with Crippen LogP contribution in [-0.2, 0) is 4.79 Å². The van der Waals surface area contributed by atoms with Gasteiger partial charge >= 0.3 is 0 Å². The van der Waals surface area contributed by atoms with Gasteiger partial charge in [-0.1, -0.05) is 0 Å². The lowest BCUT2D eigenvalue weighted by atomic mass is 10.1. The van der Waals surface area contributed by atoms with Gasteiger partial charge in [-0.05, 0) is 77.9 Å². The van der Waals surface area contributed by atoms with Crippen LogP contribution in [0.3, 0.4) is 0 Å². The van der Waals surface area contributed by atoms with Crippen molar-refractivity contribution < 1.29 is 9.72 Å². The second-order valence-corrected chi connectivity index (χ2v) is 6.52. The van der Waals surface area contributed by atoms with Crippen molar-refractivity contribution in [3.05, 3.63) is 67.3 Å². The molecule has 0 saturated carbocycles. The van der Waals surface area contributed by atoms with E-state index >= 15 is 0 Å². The number of rotatable bonds is 6. The number of amides is 1. The van der Waals surface area contributed by atoms with Crippen molar-refractivity contribution >= 4 is 45.6 Å². The zero-order valence-electron chi connectivity index (χ0n) is 13.7. The van der Waals surface area contributed by atoms with Crippen LogP contribution in [0.25, 0.3) is 0 Å². The smallest absolute Gasteiger partial charge is 0.269 e. The Morgan fingerprint density at radius 1 is 1.24 bits per heavy atom. The number of hydrazone groups is 1. The number of hydrogen-bond acceptors (Lipinski definition) is 5. The number of halogens is 1. The van der Waals surface area contributed by atoms with Crippen molar-refractivity contribution in [3.8, 4) is 0 Å². The van der Waals surface area contributed by atoms with E-state index in [0.29, 0.717) is 11.3 Å². The largest absolute Gasteiger partial charge is 0.376 e. The SMILES string of the molecule is CC(=NNC(=O)CNc1ccc(I)c(C)c1)c1ccc([N+](=O)[O-])cc1. The summed E-state index contributed by atoms with van der Waals surface area (Å²) in [6.45, 7) is 3.82. The monoisotopic (exact) mass is 452 g/mol. The van der Waals surface area contributed by atoms with Crippen LogP contribution < -0.4 is 10.7 Å². The van der Waals surface area contributed by atoms with E-state index in [0.717, 1.165) is 14.8 Å². The van der Waals surface area contributed by atoms with E-state index < -0.39 is 4.92 Å². The molecule has 0 bridgehead atoms. The van der Waals surface area contributed by atoms with Crippen LogP contribution >= 0.6 is 22.6 Å². The van der Waals surface area contributed by atoms with Gasteiger partial charge in [-0.2, -0.15) is 5.10 Å². The normalized spacial score (nSPS) is 11.1. The molecule has 0 unspecified atom stereocenters. The molecule has 1 amide bonds. The van der Waals surface area contributed by atoms with E-state index in [9.17, 15) is 14.9 Å². The number of nitrogens with one attached hydrogen (secondary N) is 2. The molecule has 0 aromatic heterocycles. The Kier molecular flexibility index (Phi) is 6.45. The van der Waals surface area contributed by atoms with Gasteiger partial charge in [-0.25, -0.2) is 5.43 Å². The molecule has 2 aromatic carbocycles. The molecule has 0 atom stereocenters. The van der Waals surface area contributed by atoms with Gasteiger partial charge < -0.3 is 5.32 Å². The first kappa shape index (κ1) is 18.8. The second kappa shape index (κ2) is 8.56. The zero-order chi connectivity index (χ0) is 18.4. The summed E-state index contributed by atoms with van der Waals surface area (Å²) in [5, 5.41) is 17.7. The van der Waals surface area contributed by atoms with Crippen molar-refractivity contribution in [1.82, 2.24) is 5.43 Å². The van der Waals surface area contributed by atoms with Crippen LogP contribution in [0.1, 0.15) is 18.1 Å². The summed E-state index contributed by atoms with van der Waals surface area (Å²) in [7, 11) is 0. The lowest BCUT2D eigenvalue weighted by molar-refractivity contribution is -0.384. The fourth-order valence-electron chi connectivity index (χ4n) is 2.01. The number of aryl methyl sites for hydroxylation is 1. The van der Waals surface area contributed by atoms with E-state index in [1.807, 2.05) is 25.1 Å². The van der Waals surface area contributed by atoms with E-state index in [4.69, 9.17) is 0 Å². The lowest BCUT2D eigenvalue weighted by Crippen LogP contribution is -2.26. The van der Waals surface area contributed by atoms with Crippen LogP contribution in [0, 0.1) is 20.6 Å². The molecule has 2 rings (SSSR count). The summed E-state index contributed by atoms with van der Waals surface area (Å²) < 4.78 is 1.16. The fourth-order valence-corrected chi connectivity index (χ4v) is 2.35. The molecular weight excluding hydrogens is 435 g/mol. The van der Waals surface area contributed by atoms with Gasteiger partial charge in [0.2, 0.25) is 0 Å². The number of hydrogen-bond donors (Lipinski definition) is 2. The lowest BCUT2D eigenvalue weighted by Gasteiger charge is -2.08. The number of nitrogens with zero attached hydrogens (tertiary/aromatic N) is 2. The Hall–Kier alpha value is -2.49. The Bertz CT molecular complexity index is 819. The summed E-state index contributed by atoms with van der Waals surface area (Å²) in [5.41, 5.74) is 5.74.